The van der Waals surface area contributed by atoms with Crippen molar-refractivity contribution >= 4 is 21.9 Å². The molecule has 1 aliphatic heterocycles. The Bertz CT molecular complexity index is 374. The van der Waals surface area contributed by atoms with E-state index in [2.05, 4.69) is 4.74 Å². The van der Waals surface area contributed by atoms with E-state index < -0.39 is 27.8 Å². The molecule has 1 fully saturated rings. The van der Waals surface area contributed by atoms with E-state index in [1.165, 1.54) is 7.11 Å². The molecule has 0 aromatic rings. The second-order valence-corrected chi connectivity index (χ2v) is 5.30. The Balaban J connectivity index is 2.90. The van der Waals surface area contributed by atoms with Crippen LogP contribution in [0.2, 0.25) is 0 Å². The average Bonchev–Trinajstić information content (AvgIpc) is 2.15. The summed E-state index contributed by atoms with van der Waals surface area (Å²) in [6, 6.07) is 0. The number of carbonyl (C=O) groups is 2. The maximum absolute atomic E-state index is 11.6. The highest BCUT2D eigenvalue weighted by atomic mass is 32.2. The number of piperidine rings is 1. The van der Waals surface area contributed by atoms with E-state index in [1.54, 1.807) is 0 Å². The Morgan fingerprint density at radius 1 is 1.53 bits per heavy atom. The van der Waals surface area contributed by atoms with Crippen LogP contribution in [0.3, 0.4) is 0 Å². The molecule has 0 aromatic carbocycles. The van der Waals surface area contributed by atoms with Gasteiger partial charge >= 0.3 is 5.97 Å². The lowest BCUT2D eigenvalue weighted by atomic mass is 9.99. The summed E-state index contributed by atoms with van der Waals surface area (Å²) < 4.78 is 27.6. The van der Waals surface area contributed by atoms with Gasteiger partial charge in [0.25, 0.3) is 0 Å². The molecule has 1 rings (SSSR count). The van der Waals surface area contributed by atoms with Crippen LogP contribution in [-0.4, -0.2) is 44.5 Å². The van der Waals surface area contributed by atoms with E-state index in [0.717, 1.165) is 10.6 Å². The summed E-state index contributed by atoms with van der Waals surface area (Å²) in [6.07, 6.45) is 1.78. The van der Waals surface area contributed by atoms with Crippen LogP contribution in [0.1, 0.15) is 12.8 Å². The Hall–Kier alpha value is -1.11. The van der Waals surface area contributed by atoms with Gasteiger partial charge in [0.15, 0.2) is 0 Å². The Morgan fingerprint density at radius 3 is 2.60 bits per heavy atom. The summed E-state index contributed by atoms with van der Waals surface area (Å²) in [7, 11) is -2.40. The molecule has 0 N–H and O–H groups in total. The molecule has 15 heavy (non-hydrogen) atoms. The van der Waals surface area contributed by atoms with Crippen molar-refractivity contribution in [1.29, 1.82) is 0 Å². The van der Waals surface area contributed by atoms with Gasteiger partial charge in [-0.3, -0.25) is 9.59 Å². The first kappa shape index (κ1) is 12.0. The molecule has 0 radical (unpaired) electrons. The lowest BCUT2D eigenvalue weighted by Gasteiger charge is -2.28. The molecule has 0 spiro atoms. The molecular weight excluding hydrogens is 222 g/mol. The van der Waals surface area contributed by atoms with Crippen molar-refractivity contribution in [2.75, 3.05) is 19.9 Å². The van der Waals surface area contributed by atoms with Gasteiger partial charge in [-0.05, 0) is 12.8 Å². The molecule has 1 saturated heterocycles. The quantitative estimate of drug-likeness (QED) is 0.469. The maximum atomic E-state index is 11.6. The highest BCUT2D eigenvalue weighted by Crippen LogP contribution is 2.21. The number of carbonyl (C=O) groups excluding carboxylic acids is 2. The van der Waals surface area contributed by atoms with Gasteiger partial charge in [-0.2, -0.15) is 0 Å². The standard InChI is InChI=1S/C8H13NO5S/c1-14-8(11)6-4-3-5-9(7(6)10)15(2,12)13/h6H,3-5H2,1-2H3. The maximum Gasteiger partial charge on any atom is 0.318 e. The molecule has 86 valence electrons. The second-order valence-electron chi connectivity index (χ2n) is 3.39. The molecule has 1 atom stereocenters. The minimum absolute atomic E-state index is 0.144. The van der Waals surface area contributed by atoms with Gasteiger partial charge in [0.2, 0.25) is 15.9 Å². The summed E-state index contributed by atoms with van der Waals surface area (Å²) in [5, 5.41) is 0. The molecule has 1 aliphatic rings. The van der Waals surface area contributed by atoms with Gasteiger partial charge in [0.1, 0.15) is 5.92 Å². The summed E-state index contributed by atoms with van der Waals surface area (Å²) in [5.74, 6) is -2.33. The fraction of sp³-hybridized carbons (Fsp3) is 0.750. The van der Waals surface area contributed by atoms with Crippen molar-refractivity contribution in [3.8, 4) is 0 Å². The minimum Gasteiger partial charge on any atom is -0.468 e. The van der Waals surface area contributed by atoms with Gasteiger partial charge in [-0.15, -0.1) is 0 Å². The van der Waals surface area contributed by atoms with Crippen LogP contribution >= 0.6 is 0 Å². The number of ether oxygens (including phenoxy) is 1. The monoisotopic (exact) mass is 235 g/mol. The molecule has 1 heterocycles. The fourth-order valence-electron chi connectivity index (χ4n) is 1.54. The minimum atomic E-state index is -3.57. The molecular formula is C8H13NO5S. The van der Waals surface area contributed by atoms with Crippen LogP contribution in [0.25, 0.3) is 0 Å². The van der Waals surface area contributed by atoms with Gasteiger partial charge in [-0.1, -0.05) is 0 Å². The van der Waals surface area contributed by atoms with Crippen molar-refractivity contribution in [2.24, 2.45) is 5.92 Å². The van der Waals surface area contributed by atoms with Crippen LogP contribution in [-0.2, 0) is 24.3 Å². The third-order valence-electron chi connectivity index (χ3n) is 2.28. The van der Waals surface area contributed by atoms with Crippen molar-refractivity contribution in [3.63, 3.8) is 0 Å². The van der Waals surface area contributed by atoms with Crippen molar-refractivity contribution in [2.45, 2.75) is 12.8 Å². The number of rotatable bonds is 2. The van der Waals surface area contributed by atoms with E-state index >= 15 is 0 Å². The zero-order chi connectivity index (χ0) is 11.6. The molecule has 0 bridgehead atoms. The highest BCUT2D eigenvalue weighted by molar-refractivity contribution is 7.88. The van der Waals surface area contributed by atoms with Gasteiger partial charge in [0, 0.05) is 6.54 Å². The Labute approximate surface area is 88.2 Å². The van der Waals surface area contributed by atoms with Crippen LogP contribution in [0.5, 0.6) is 0 Å². The van der Waals surface area contributed by atoms with E-state index in [-0.39, 0.29) is 6.54 Å². The lowest BCUT2D eigenvalue weighted by molar-refractivity contribution is -0.153. The predicted molar refractivity (Wildman–Crippen MR) is 51.3 cm³/mol. The fourth-order valence-corrected chi connectivity index (χ4v) is 2.45. The number of esters is 1. The van der Waals surface area contributed by atoms with E-state index in [4.69, 9.17) is 0 Å². The normalized spacial score (nSPS) is 22.7. The zero-order valence-corrected chi connectivity index (χ0v) is 9.41. The zero-order valence-electron chi connectivity index (χ0n) is 8.60. The summed E-state index contributed by atoms with van der Waals surface area (Å²) >= 11 is 0. The van der Waals surface area contributed by atoms with E-state index in [0.29, 0.717) is 12.8 Å². The van der Waals surface area contributed by atoms with Crippen LogP contribution < -0.4 is 0 Å². The predicted octanol–water partition coefficient (Wildman–Crippen LogP) is -0.642. The van der Waals surface area contributed by atoms with Gasteiger partial charge in [-0.25, -0.2) is 12.7 Å². The summed E-state index contributed by atoms with van der Waals surface area (Å²) in [6.45, 7) is 0.144. The Morgan fingerprint density at radius 2 is 2.13 bits per heavy atom. The topological polar surface area (TPSA) is 80.8 Å². The van der Waals surface area contributed by atoms with Crippen LogP contribution in [0, 0.1) is 5.92 Å². The van der Waals surface area contributed by atoms with E-state index in [9.17, 15) is 18.0 Å². The van der Waals surface area contributed by atoms with Gasteiger partial charge < -0.3 is 4.74 Å². The van der Waals surface area contributed by atoms with Crippen molar-refractivity contribution in [1.82, 2.24) is 4.31 Å². The highest BCUT2D eigenvalue weighted by Gasteiger charge is 2.38. The number of methoxy groups -OCH3 is 1. The van der Waals surface area contributed by atoms with Crippen molar-refractivity contribution in [3.05, 3.63) is 0 Å². The summed E-state index contributed by atoms with van der Waals surface area (Å²) in [4.78, 5) is 22.8. The van der Waals surface area contributed by atoms with E-state index in [1.807, 2.05) is 0 Å². The number of sulfonamides is 1. The first-order valence-electron chi connectivity index (χ1n) is 4.47. The molecule has 1 unspecified atom stereocenters. The number of hydrogen-bond acceptors (Lipinski definition) is 5. The second kappa shape index (κ2) is 4.18. The molecule has 1 amide bonds. The number of hydrogen-bond donors (Lipinski definition) is 0. The van der Waals surface area contributed by atoms with Gasteiger partial charge in [0.05, 0.1) is 13.4 Å². The first-order valence-corrected chi connectivity index (χ1v) is 6.32. The molecule has 0 aromatic heterocycles. The van der Waals surface area contributed by atoms with Crippen LogP contribution in [0.15, 0.2) is 0 Å². The average molecular weight is 235 g/mol. The molecule has 0 aliphatic carbocycles. The number of amides is 1. The van der Waals surface area contributed by atoms with Crippen molar-refractivity contribution < 1.29 is 22.7 Å². The lowest BCUT2D eigenvalue weighted by Crippen LogP contribution is -2.47. The third-order valence-corrected chi connectivity index (χ3v) is 3.45. The van der Waals surface area contributed by atoms with Crippen LogP contribution in [0.4, 0.5) is 0 Å². The first-order chi connectivity index (χ1) is 6.88. The Kier molecular flexibility index (Phi) is 3.33. The molecule has 0 saturated carbocycles. The molecule has 7 heteroatoms. The molecule has 6 nitrogen and oxygen atoms in total. The third kappa shape index (κ3) is 2.47. The largest absolute Gasteiger partial charge is 0.468 e. The smallest absolute Gasteiger partial charge is 0.318 e. The SMILES string of the molecule is COC(=O)C1CCCN(S(C)(=O)=O)C1=O. The number of nitrogens with zero attached hydrogens (tertiary/aromatic N) is 1. The summed E-state index contributed by atoms with van der Waals surface area (Å²) in [5.41, 5.74) is 0.